The van der Waals surface area contributed by atoms with Gasteiger partial charge in [0.15, 0.2) is 16.7 Å². The summed E-state index contributed by atoms with van der Waals surface area (Å²) in [4.78, 5) is 65.5. The monoisotopic (exact) mass is 927 g/mol. The van der Waals surface area contributed by atoms with Crippen LogP contribution in [0.3, 0.4) is 0 Å². The number of ether oxygens (including phenoxy) is 3. The molecule has 2 aromatic carbocycles. The number of carbonyl (C=O) groups excluding carboxylic acids is 4. The number of hydrogen-bond donors (Lipinski definition) is 4. The first-order valence-electron chi connectivity index (χ1n) is 21.8. The van der Waals surface area contributed by atoms with Gasteiger partial charge < -0.3 is 39.6 Å². The Hall–Kier alpha value is -5.79. The Morgan fingerprint density at radius 3 is 2.60 bits per heavy atom. The molecule has 5 heterocycles. The van der Waals surface area contributed by atoms with Gasteiger partial charge in [-0.05, 0) is 68.5 Å². The number of halogens is 2. The van der Waals surface area contributed by atoms with Gasteiger partial charge in [-0.3, -0.25) is 24.5 Å². The number of pyridine rings is 1. The number of thiazole rings is 1. The zero-order valence-electron chi connectivity index (χ0n) is 35.7. The summed E-state index contributed by atoms with van der Waals surface area (Å²) in [5, 5.41) is 14.4. The fourth-order valence-corrected chi connectivity index (χ4v) is 9.27. The molecule has 2 aliphatic heterocycles. The number of amides is 4. The van der Waals surface area contributed by atoms with Crippen LogP contribution in [0.25, 0.3) is 0 Å². The maximum absolute atomic E-state index is 14.7. The number of rotatable bonds is 21. The molecular formula is C46H51ClFN9O7S. The van der Waals surface area contributed by atoms with E-state index in [0.29, 0.717) is 82.1 Å². The van der Waals surface area contributed by atoms with Gasteiger partial charge in [0.2, 0.25) is 17.7 Å². The van der Waals surface area contributed by atoms with Gasteiger partial charge in [0.05, 0.1) is 49.6 Å². The highest BCUT2D eigenvalue weighted by molar-refractivity contribution is 7.13. The molecule has 4 N–H and O–H groups in total. The van der Waals surface area contributed by atoms with E-state index in [4.69, 9.17) is 35.8 Å². The summed E-state index contributed by atoms with van der Waals surface area (Å²) in [7, 11) is 0. The van der Waals surface area contributed by atoms with E-state index in [-0.39, 0.29) is 65.8 Å². The van der Waals surface area contributed by atoms with E-state index in [2.05, 4.69) is 32.4 Å². The molecule has 5 aromatic rings. The zero-order valence-corrected chi connectivity index (χ0v) is 37.3. The number of aromatic nitrogens is 4. The van der Waals surface area contributed by atoms with Crippen molar-refractivity contribution in [2.75, 3.05) is 50.2 Å². The van der Waals surface area contributed by atoms with Gasteiger partial charge >= 0.3 is 0 Å². The zero-order chi connectivity index (χ0) is 45.2. The van der Waals surface area contributed by atoms with Gasteiger partial charge in [0, 0.05) is 91.1 Å². The molecule has 0 spiro atoms. The van der Waals surface area contributed by atoms with Crippen molar-refractivity contribution in [3.8, 4) is 5.75 Å². The van der Waals surface area contributed by atoms with Crippen molar-refractivity contribution < 1.29 is 37.8 Å². The quantitative estimate of drug-likeness (QED) is 0.0484. The molecule has 16 nitrogen and oxygen atoms in total. The Kier molecular flexibility index (Phi) is 15.1. The largest absolute Gasteiger partial charge is 0.487 e. The van der Waals surface area contributed by atoms with Crippen molar-refractivity contribution in [2.24, 2.45) is 0 Å². The number of nitrogens with one attached hydrogen (secondary N) is 4. The van der Waals surface area contributed by atoms with Crippen molar-refractivity contribution in [2.45, 2.75) is 82.0 Å². The van der Waals surface area contributed by atoms with Crippen molar-refractivity contribution >= 4 is 63.2 Å². The second-order valence-corrected chi connectivity index (χ2v) is 17.6. The molecule has 8 rings (SSSR count). The average molecular weight is 928 g/mol. The molecule has 1 aliphatic carbocycles. The van der Waals surface area contributed by atoms with Crippen LogP contribution in [0.15, 0.2) is 78.7 Å². The van der Waals surface area contributed by atoms with E-state index in [1.165, 1.54) is 22.3 Å². The number of imide groups is 1. The molecule has 3 aromatic heterocycles. The molecule has 0 bridgehead atoms. The summed E-state index contributed by atoms with van der Waals surface area (Å²) < 4.78 is 34.5. The Bertz CT molecular complexity index is 2460. The number of nitrogens with zero attached hydrogens (tertiary/aromatic N) is 5. The fourth-order valence-electron chi connectivity index (χ4n) is 8.56. The Balaban J connectivity index is 0.745. The first-order chi connectivity index (χ1) is 31.6. The van der Waals surface area contributed by atoms with Crippen molar-refractivity contribution in [1.82, 2.24) is 35.1 Å². The van der Waals surface area contributed by atoms with Gasteiger partial charge in [-0.2, -0.15) is 0 Å². The Labute approximate surface area is 384 Å². The van der Waals surface area contributed by atoms with Crippen LogP contribution in [0, 0.1) is 5.82 Å². The second-order valence-electron chi connectivity index (χ2n) is 16.3. The van der Waals surface area contributed by atoms with Crippen molar-refractivity contribution in [1.29, 1.82) is 0 Å². The van der Waals surface area contributed by atoms with Crippen molar-refractivity contribution in [3.63, 3.8) is 0 Å². The van der Waals surface area contributed by atoms with E-state index in [1.807, 2.05) is 34.5 Å². The third kappa shape index (κ3) is 11.5. The van der Waals surface area contributed by atoms with E-state index in [0.717, 1.165) is 35.2 Å². The molecule has 1 unspecified atom stereocenters. The fraction of sp³-hybridized carbons (Fsp3) is 0.413. The van der Waals surface area contributed by atoms with Gasteiger partial charge in [-0.15, -0.1) is 11.3 Å². The van der Waals surface area contributed by atoms with Gasteiger partial charge in [0.1, 0.15) is 11.9 Å². The minimum absolute atomic E-state index is 0.0379. The summed E-state index contributed by atoms with van der Waals surface area (Å²) >= 11 is 7.54. The van der Waals surface area contributed by atoms with Crippen LogP contribution >= 0.6 is 22.9 Å². The van der Waals surface area contributed by atoms with Gasteiger partial charge in [-0.25, -0.2) is 19.3 Å². The topological polar surface area (TPSA) is 191 Å². The molecule has 1 atom stereocenters. The number of anilines is 3. The minimum Gasteiger partial charge on any atom is -0.487 e. The minimum atomic E-state index is -0.724. The lowest BCUT2D eigenvalue weighted by molar-refractivity contribution is -0.137. The van der Waals surface area contributed by atoms with Crippen LogP contribution in [0.2, 0.25) is 5.02 Å². The lowest BCUT2D eigenvalue weighted by Crippen LogP contribution is -2.52. The third-order valence-electron chi connectivity index (χ3n) is 11.9. The summed E-state index contributed by atoms with van der Waals surface area (Å²) in [6.07, 6.45) is 9.79. The molecule has 1 saturated heterocycles. The van der Waals surface area contributed by atoms with Crippen LogP contribution in [-0.2, 0) is 48.8 Å². The average Bonchev–Trinajstić information content (AvgIpc) is 4.07. The number of fused-ring (bicyclic) bond motifs is 1. The maximum atomic E-state index is 14.7. The summed E-state index contributed by atoms with van der Waals surface area (Å²) in [5.41, 5.74) is 3.22. The highest BCUT2D eigenvalue weighted by Crippen LogP contribution is 2.43. The smallest absolute Gasteiger partial charge is 0.255 e. The van der Waals surface area contributed by atoms with Crippen molar-refractivity contribution in [3.05, 3.63) is 112 Å². The predicted octanol–water partition coefficient (Wildman–Crippen LogP) is 6.19. The second kappa shape index (κ2) is 21.5. The number of imidazole rings is 1. The lowest BCUT2D eigenvalue weighted by atomic mass is 9.68. The van der Waals surface area contributed by atoms with E-state index in [1.54, 1.807) is 36.5 Å². The molecule has 4 amide bonds. The van der Waals surface area contributed by atoms with Crippen LogP contribution in [-0.4, -0.2) is 99.7 Å². The number of carbonyl (C=O) groups is 4. The lowest BCUT2D eigenvalue weighted by Gasteiger charge is -2.39. The summed E-state index contributed by atoms with van der Waals surface area (Å²) in [6.45, 7) is 3.53. The Morgan fingerprint density at radius 1 is 0.969 bits per heavy atom. The number of hydrogen-bond acceptors (Lipinski definition) is 13. The van der Waals surface area contributed by atoms with Crippen LogP contribution in [0.5, 0.6) is 5.75 Å². The van der Waals surface area contributed by atoms with Gasteiger partial charge in [-0.1, -0.05) is 29.8 Å². The van der Waals surface area contributed by atoms with Crippen LogP contribution in [0.1, 0.15) is 72.3 Å². The molecular weight excluding hydrogens is 877 g/mol. The molecule has 3 aliphatic rings. The molecule has 1 saturated carbocycles. The number of piperidine rings is 1. The molecule has 65 heavy (non-hydrogen) atoms. The third-order valence-corrected chi connectivity index (χ3v) is 12.9. The van der Waals surface area contributed by atoms with Gasteiger partial charge in [0.25, 0.3) is 5.91 Å². The van der Waals surface area contributed by atoms with E-state index >= 15 is 0 Å². The standard InChI is InChI=1S/C46H51ClFN9O7S/c47-34-6-3-8-37(42(34)48)64-31-12-15-46(16-13-31,26-30-4-1-9-39(52-30)54-45-50-19-25-65-45)38-28-56(29-51-38)20-22-63-24-23-62-21-18-49-17-14-41(59)53-35-7-2-5-32-33(35)27-57(44(32)61)36-10-11-40(58)55-43(36)60/h1-9,19,25,28-29,31,36,49H,10-18,20-24,26-27H2,(H,53,59)(H,50,52,54)(H,55,58,60)/t31-,36?,46-. The summed E-state index contributed by atoms with van der Waals surface area (Å²) in [5.74, 6) is -0.975. The van der Waals surface area contributed by atoms with E-state index < -0.39 is 17.8 Å². The van der Waals surface area contributed by atoms with Crippen LogP contribution in [0.4, 0.5) is 21.0 Å². The number of benzene rings is 2. The normalized spacial score (nSPS) is 19.5. The molecule has 2 fully saturated rings. The highest BCUT2D eigenvalue weighted by atomic mass is 35.5. The predicted molar refractivity (Wildman–Crippen MR) is 242 cm³/mol. The van der Waals surface area contributed by atoms with E-state index in [9.17, 15) is 23.6 Å². The Morgan fingerprint density at radius 2 is 1.78 bits per heavy atom. The first kappa shape index (κ1) is 45.8. The summed E-state index contributed by atoms with van der Waals surface area (Å²) in [6, 6.07) is 15.2. The molecule has 342 valence electrons. The van der Waals surface area contributed by atoms with Crippen LogP contribution < -0.4 is 26.0 Å². The highest BCUT2D eigenvalue weighted by Gasteiger charge is 2.41. The first-order valence-corrected chi connectivity index (χ1v) is 23.1. The SMILES string of the molecule is O=C1CCC(N2Cc3c(NC(=O)CCNCCOCCOCCn4cnc([C@]5(Cc6cccc(Nc7nccs7)n6)CC[C@@H](Oc6cccc(Cl)c6F)CC5)c4)cccc3C2=O)C(=O)N1. The molecule has 19 heteroatoms. The maximum Gasteiger partial charge on any atom is 0.255 e. The molecule has 0 radical (unpaired) electrons.